The van der Waals surface area contributed by atoms with Crippen molar-refractivity contribution in [3.05, 3.63) is 64.7 Å². The van der Waals surface area contributed by atoms with Crippen LogP contribution in [0.1, 0.15) is 39.9 Å². The zero-order valence-electron chi connectivity index (χ0n) is 17.0. The highest BCUT2D eigenvalue weighted by Gasteiger charge is 2.18. The van der Waals surface area contributed by atoms with Crippen molar-refractivity contribution in [2.24, 2.45) is 0 Å². The van der Waals surface area contributed by atoms with Gasteiger partial charge in [-0.15, -0.1) is 0 Å². The largest absolute Gasteiger partial charge is 0.371 e. The molecular formula is C23H29N3O2. The Morgan fingerprint density at radius 2 is 1.68 bits per heavy atom. The van der Waals surface area contributed by atoms with Crippen molar-refractivity contribution < 1.29 is 9.59 Å². The number of hydrogen-bond donors (Lipinski definition) is 1. The molecule has 2 aromatic carbocycles. The lowest BCUT2D eigenvalue weighted by atomic mass is 10.1. The lowest BCUT2D eigenvalue weighted by Gasteiger charge is -2.24. The maximum Gasteiger partial charge on any atom is 0.251 e. The standard InChI is InChI=1S/C23H29N3O2/c1-17-12-18(2)14-20(13-17)23(28)24-15-22(27)25(3)16-19-8-4-5-9-21(19)26-10-6-7-11-26/h4-5,8-9,12-14H,6-7,10-11,15-16H2,1-3H3,(H,24,28). The van der Waals surface area contributed by atoms with Crippen LogP contribution in [0.4, 0.5) is 5.69 Å². The molecule has 3 rings (SSSR count). The number of nitrogens with zero attached hydrogens (tertiary/aromatic N) is 2. The molecule has 0 aromatic heterocycles. The van der Waals surface area contributed by atoms with Crippen LogP contribution >= 0.6 is 0 Å². The van der Waals surface area contributed by atoms with Crippen LogP contribution in [0.3, 0.4) is 0 Å². The van der Waals surface area contributed by atoms with Gasteiger partial charge in [0, 0.05) is 37.9 Å². The minimum atomic E-state index is -0.217. The molecule has 1 aliphatic heterocycles. The zero-order valence-corrected chi connectivity index (χ0v) is 17.0. The van der Waals surface area contributed by atoms with E-state index < -0.39 is 0 Å². The number of anilines is 1. The summed E-state index contributed by atoms with van der Waals surface area (Å²) in [5.74, 6) is -0.319. The molecule has 0 saturated carbocycles. The van der Waals surface area contributed by atoms with Crippen LogP contribution in [-0.2, 0) is 11.3 Å². The second kappa shape index (κ2) is 8.91. The third kappa shape index (κ3) is 4.91. The quantitative estimate of drug-likeness (QED) is 0.838. The van der Waals surface area contributed by atoms with E-state index in [2.05, 4.69) is 22.3 Å². The summed E-state index contributed by atoms with van der Waals surface area (Å²) in [5, 5.41) is 2.75. The van der Waals surface area contributed by atoms with Crippen LogP contribution in [0, 0.1) is 13.8 Å². The molecular weight excluding hydrogens is 350 g/mol. The number of nitrogens with one attached hydrogen (secondary N) is 1. The Morgan fingerprint density at radius 3 is 2.36 bits per heavy atom. The van der Waals surface area contributed by atoms with Crippen molar-refractivity contribution in [1.82, 2.24) is 10.2 Å². The average molecular weight is 380 g/mol. The molecule has 1 fully saturated rings. The highest BCUT2D eigenvalue weighted by molar-refractivity contribution is 5.96. The molecule has 0 aliphatic carbocycles. The second-order valence-electron chi connectivity index (χ2n) is 7.63. The molecule has 1 saturated heterocycles. The summed E-state index contributed by atoms with van der Waals surface area (Å²) in [4.78, 5) is 29.0. The summed E-state index contributed by atoms with van der Waals surface area (Å²) < 4.78 is 0. The molecule has 2 aromatic rings. The number of likely N-dealkylation sites (N-methyl/N-ethyl adjacent to an activating group) is 1. The van der Waals surface area contributed by atoms with E-state index in [0.717, 1.165) is 29.8 Å². The molecule has 2 amide bonds. The van der Waals surface area contributed by atoms with Crippen LogP contribution in [0.2, 0.25) is 0 Å². The van der Waals surface area contributed by atoms with Gasteiger partial charge in [0.25, 0.3) is 5.91 Å². The van der Waals surface area contributed by atoms with Gasteiger partial charge in [-0.1, -0.05) is 35.4 Å². The van der Waals surface area contributed by atoms with Gasteiger partial charge in [0.15, 0.2) is 0 Å². The summed E-state index contributed by atoms with van der Waals surface area (Å²) in [6.45, 7) is 6.58. The molecule has 0 spiro atoms. The minimum Gasteiger partial charge on any atom is -0.371 e. The van der Waals surface area contributed by atoms with E-state index in [9.17, 15) is 9.59 Å². The van der Waals surface area contributed by atoms with Crippen LogP contribution in [0.25, 0.3) is 0 Å². The van der Waals surface area contributed by atoms with Crippen LogP contribution in [-0.4, -0.2) is 43.4 Å². The van der Waals surface area contributed by atoms with Gasteiger partial charge in [-0.25, -0.2) is 0 Å². The Labute approximate surface area is 167 Å². The number of para-hydroxylation sites is 1. The number of carbonyl (C=O) groups excluding carboxylic acids is 2. The third-order valence-electron chi connectivity index (χ3n) is 5.16. The van der Waals surface area contributed by atoms with Crippen molar-refractivity contribution in [3.63, 3.8) is 0 Å². The minimum absolute atomic E-state index is 0.00575. The third-order valence-corrected chi connectivity index (χ3v) is 5.16. The summed E-state index contributed by atoms with van der Waals surface area (Å²) in [5.41, 5.74) is 5.01. The molecule has 28 heavy (non-hydrogen) atoms. The van der Waals surface area contributed by atoms with Crippen LogP contribution < -0.4 is 10.2 Å². The molecule has 1 N–H and O–H groups in total. The Bertz CT molecular complexity index is 836. The van der Waals surface area contributed by atoms with Crippen LogP contribution in [0.5, 0.6) is 0 Å². The molecule has 0 bridgehead atoms. The SMILES string of the molecule is Cc1cc(C)cc(C(=O)NCC(=O)N(C)Cc2ccccc2N2CCCC2)c1. The maximum absolute atomic E-state index is 12.5. The first-order valence-corrected chi connectivity index (χ1v) is 9.87. The average Bonchev–Trinajstić information content (AvgIpc) is 3.20. The molecule has 0 unspecified atom stereocenters. The monoisotopic (exact) mass is 379 g/mol. The van der Waals surface area contributed by atoms with Crippen molar-refractivity contribution in [2.45, 2.75) is 33.2 Å². The molecule has 1 heterocycles. The fourth-order valence-electron chi connectivity index (χ4n) is 3.75. The van der Waals surface area contributed by atoms with Gasteiger partial charge in [-0.2, -0.15) is 0 Å². The highest BCUT2D eigenvalue weighted by Crippen LogP contribution is 2.25. The lowest BCUT2D eigenvalue weighted by molar-refractivity contribution is -0.129. The summed E-state index contributed by atoms with van der Waals surface area (Å²) in [6, 6.07) is 13.9. The van der Waals surface area contributed by atoms with Crippen LogP contribution in [0.15, 0.2) is 42.5 Å². The Kier molecular flexibility index (Phi) is 6.34. The highest BCUT2D eigenvalue weighted by atomic mass is 16.2. The summed E-state index contributed by atoms with van der Waals surface area (Å²) in [6.07, 6.45) is 2.43. The normalized spacial score (nSPS) is 13.5. The van der Waals surface area contributed by atoms with Crippen molar-refractivity contribution in [2.75, 3.05) is 31.6 Å². The van der Waals surface area contributed by atoms with E-state index in [1.54, 1.807) is 11.9 Å². The molecule has 0 atom stereocenters. The number of hydrogen-bond acceptors (Lipinski definition) is 3. The predicted molar refractivity (Wildman–Crippen MR) is 113 cm³/mol. The fraction of sp³-hybridized carbons (Fsp3) is 0.391. The molecule has 5 heteroatoms. The van der Waals surface area contributed by atoms with E-state index in [1.807, 2.05) is 44.2 Å². The molecule has 0 radical (unpaired) electrons. The van der Waals surface area contributed by atoms with Crippen molar-refractivity contribution in [1.29, 1.82) is 0 Å². The van der Waals surface area contributed by atoms with E-state index >= 15 is 0 Å². The van der Waals surface area contributed by atoms with Gasteiger partial charge in [0.2, 0.25) is 5.91 Å². The van der Waals surface area contributed by atoms with Gasteiger partial charge in [-0.05, 0) is 50.5 Å². The summed E-state index contributed by atoms with van der Waals surface area (Å²) >= 11 is 0. The van der Waals surface area contributed by atoms with Gasteiger partial charge in [0.05, 0.1) is 6.54 Å². The van der Waals surface area contributed by atoms with E-state index in [1.165, 1.54) is 18.5 Å². The smallest absolute Gasteiger partial charge is 0.251 e. The van der Waals surface area contributed by atoms with Crippen molar-refractivity contribution >= 4 is 17.5 Å². The Hall–Kier alpha value is -2.82. The Morgan fingerprint density at radius 1 is 1.04 bits per heavy atom. The van der Waals surface area contributed by atoms with Gasteiger partial charge >= 0.3 is 0 Å². The molecule has 148 valence electrons. The first kappa shape index (κ1) is 19.9. The fourth-order valence-corrected chi connectivity index (χ4v) is 3.75. The van der Waals surface area contributed by atoms with Gasteiger partial charge < -0.3 is 15.1 Å². The second-order valence-corrected chi connectivity index (χ2v) is 7.63. The number of aryl methyl sites for hydroxylation is 2. The number of rotatable bonds is 6. The topological polar surface area (TPSA) is 52.7 Å². The molecule has 1 aliphatic rings. The first-order chi connectivity index (χ1) is 13.4. The van der Waals surface area contributed by atoms with Gasteiger partial charge in [0.1, 0.15) is 0 Å². The number of amides is 2. The predicted octanol–water partition coefficient (Wildman–Crippen LogP) is 3.29. The Balaban J connectivity index is 1.58. The van der Waals surface area contributed by atoms with Gasteiger partial charge in [-0.3, -0.25) is 9.59 Å². The lowest BCUT2D eigenvalue weighted by Crippen LogP contribution is -2.38. The maximum atomic E-state index is 12.5. The number of benzene rings is 2. The van der Waals surface area contributed by atoms with E-state index in [4.69, 9.17) is 0 Å². The van der Waals surface area contributed by atoms with Crippen molar-refractivity contribution in [3.8, 4) is 0 Å². The summed E-state index contributed by atoms with van der Waals surface area (Å²) in [7, 11) is 1.78. The van der Waals surface area contributed by atoms with E-state index in [0.29, 0.717) is 12.1 Å². The first-order valence-electron chi connectivity index (χ1n) is 9.87. The zero-order chi connectivity index (χ0) is 20.1. The van der Waals surface area contributed by atoms with E-state index in [-0.39, 0.29) is 18.4 Å². The number of carbonyl (C=O) groups is 2. The molecule has 5 nitrogen and oxygen atoms in total.